The van der Waals surface area contributed by atoms with E-state index < -0.39 is 0 Å². The SMILES string of the molecule is O=C(CSc1nncn1-c1ccccc1)Nc1nc(-c2ccc(Cl)c(Cl)c2)cs1. The summed E-state index contributed by atoms with van der Waals surface area (Å²) in [6.07, 6.45) is 1.62. The monoisotopic (exact) mass is 461 g/mol. The first-order valence-corrected chi connectivity index (χ1v) is 11.0. The molecule has 146 valence electrons. The number of carbonyl (C=O) groups excluding carboxylic acids is 1. The number of carbonyl (C=O) groups is 1. The number of hydrogen-bond acceptors (Lipinski definition) is 6. The molecule has 29 heavy (non-hydrogen) atoms. The minimum atomic E-state index is -0.173. The van der Waals surface area contributed by atoms with Crippen molar-refractivity contribution < 1.29 is 4.79 Å². The number of para-hydroxylation sites is 1. The molecule has 0 bridgehead atoms. The van der Waals surface area contributed by atoms with E-state index in [1.165, 1.54) is 23.1 Å². The fourth-order valence-electron chi connectivity index (χ4n) is 2.49. The van der Waals surface area contributed by atoms with E-state index in [0.717, 1.165) is 16.9 Å². The normalized spacial score (nSPS) is 10.8. The Balaban J connectivity index is 1.38. The number of benzene rings is 2. The van der Waals surface area contributed by atoms with Crippen LogP contribution < -0.4 is 5.32 Å². The Morgan fingerprint density at radius 1 is 1.14 bits per heavy atom. The van der Waals surface area contributed by atoms with Crippen LogP contribution in [0.15, 0.2) is 65.4 Å². The van der Waals surface area contributed by atoms with Crippen LogP contribution in [0.1, 0.15) is 0 Å². The zero-order valence-corrected chi connectivity index (χ0v) is 17.9. The Bertz CT molecular complexity index is 1150. The highest BCUT2D eigenvalue weighted by molar-refractivity contribution is 7.99. The Hall–Kier alpha value is -2.39. The van der Waals surface area contributed by atoms with Crippen molar-refractivity contribution in [1.29, 1.82) is 0 Å². The lowest BCUT2D eigenvalue weighted by Gasteiger charge is -2.05. The average molecular weight is 462 g/mol. The number of halogens is 2. The molecule has 0 radical (unpaired) electrons. The number of hydrogen-bond donors (Lipinski definition) is 1. The molecule has 0 saturated carbocycles. The first-order chi connectivity index (χ1) is 14.1. The van der Waals surface area contributed by atoms with Crippen LogP contribution in [-0.4, -0.2) is 31.4 Å². The van der Waals surface area contributed by atoms with Crippen molar-refractivity contribution in [2.24, 2.45) is 0 Å². The lowest BCUT2D eigenvalue weighted by Crippen LogP contribution is -2.14. The first-order valence-electron chi connectivity index (χ1n) is 8.39. The number of nitrogens with one attached hydrogen (secondary N) is 1. The third-order valence-corrected chi connectivity index (χ3v) is 6.29. The molecule has 2 aromatic heterocycles. The van der Waals surface area contributed by atoms with Gasteiger partial charge in [-0.25, -0.2) is 4.98 Å². The lowest BCUT2D eigenvalue weighted by atomic mass is 10.2. The summed E-state index contributed by atoms with van der Waals surface area (Å²) in [5.41, 5.74) is 2.49. The van der Waals surface area contributed by atoms with Gasteiger partial charge < -0.3 is 5.32 Å². The molecular formula is C19H13Cl2N5OS2. The summed E-state index contributed by atoms with van der Waals surface area (Å²) < 4.78 is 1.84. The molecule has 6 nitrogen and oxygen atoms in total. The van der Waals surface area contributed by atoms with Gasteiger partial charge in [0.2, 0.25) is 5.91 Å². The largest absolute Gasteiger partial charge is 0.301 e. The van der Waals surface area contributed by atoms with Gasteiger partial charge in [0, 0.05) is 16.6 Å². The van der Waals surface area contributed by atoms with Crippen molar-refractivity contribution in [2.75, 3.05) is 11.1 Å². The number of aromatic nitrogens is 4. The molecule has 2 aromatic carbocycles. The molecule has 0 spiro atoms. The van der Waals surface area contributed by atoms with Gasteiger partial charge in [-0.1, -0.05) is 59.2 Å². The van der Waals surface area contributed by atoms with Gasteiger partial charge in [0.15, 0.2) is 10.3 Å². The van der Waals surface area contributed by atoms with Gasteiger partial charge in [0.25, 0.3) is 0 Å². The summed E-state index contributed by atoms with van der Waals surface area (Å²) in [4.78, 5) is 16.8. The number of rotatable bonds is 6. The standard InChI is InChI=1S/C19H13Cl2N5OS2/c20-14-7-6-12(8-15(14)21)16-9-28-18(23-16)24-17(27)10-29-19-25-22-11-26(19)13-4-2-1-3-5-13/h1-9,11H,10H2,(H,23,24,27). The van der Waals surface area contributed by atoms with Crippen molar-refractivity contribution in [3.63, 3.8) is 0 Å². The number of thioether (sulfide) groups is 1. The molecule has 0 unspecified atom stereocenters. The van der Waals surface area contributed by atoms with Crippen LogP contribution in [0, 0.1) is 0 Å². The molecule has 0 saturated heterocycles. The van der Waals surface area contributed by atoms with Gasteiger partial charge in [-0.15, -0.1) is 21.5 Å². The van der Waals surface area contributed by atoms with Crippen LogP contribution in [0.4, 0.5) is 5.13 Å². The van der Waals surface area contributed by atoms with E-state index in [2.05, 4.69) is 20.5 Å². The third kappa shape index (κ3) is 4.79. The maximum Gasteiger partial charge on any atom is 0.236 e. The minimum absolute atomic E-state index is 0.173. The van der Waals surface area contributed by atoms with Crippen molar-refractivity contribution >= 4 is 57.3 Å². The summed E-state index contributed by atoms with van der Waals surface area (Å²) in [5.74, 6) is 0.0142. The Morgan fingerprint density at radius 3 is 2.76 bits per heavy atom. The van der Waals surface area contributed by atoms with Gasteiger partial charge in [-0.05, 0) is 24.3 Å². The second-order valence-electron chi connectivity index (χ2n) is 5.82. The van der Waals surface area contributed by atoms with Crippen LogP contribution in [0.3, 0.4) is 0 Å². The van der Waals surface area contributed by atoms with E-state index in [4.69, 9.17) is 23.2 Å². The molecular weight excluding hydrogens is 449 g/mol. The zero-order valence-electron chi connectivity index (χ0n) is 14.8. The molecule has 0 aliphatic carbocycles. The third-order valence-electron chi connectivity index (χ3n) is 3.85. The van der Waals surface area contributed by atoms with Crippen LogP contribution in [0.5, 0.6) is 0 Å². The van der Waals surface area contributed by atoms with Crippen LogP contribution >= 0.6 is 46.3 Å². The number of nitrogens with zero attached hydrogens (tertiary/aromatic N) is 4. The number of thiazole rings is 1. The molecule has 0 atom stereocenters. The molecule has 10 heteroatoms. The molecule has 0 aliphatic rings. The van der Waals surface area contributed by atoms with Crippen molar-refractivity contribution in [3.05, 3.63) is 70.3 Å². The summed E-state index contributed by atoms with van der Waals surface area (Å²) in [5, 5.41) is 14.8. The predicted molar refractivity (Wildman–Crippen MR) is 118 cm³/mol. The average Bonchev–Trinajstić information content (AvgIpc) is 3.39. The van der Waals surface area contributed by atoms with Crippen LogP contribution in [0.25, 0.3) is 16.9 Å². The highest BCUT2D eigenvalue weighted by Gasteiger charge is 2.12. The highest BCUT2D eigenvalue weighted by Crippen LogP contribution is 2.30. The maximum absolute atomic E-state index is 12.3. The van der Waals surface area contributed by atoms with E-state index in [1.807, 2.05) is 46.3 Å². The molecule has 0 aliphatic heterocycles. The Labute approximate surface area is 184 Å². The molecule has 4 rings (SSSR count). The molecule has 4 aromatic rings. The van der Waals surface area contributed by atoms with E-state index in [0.29, 0.717) is 20.3 Å². The van der Waals surface area contributed by atoms with Crippen LogP contribution in [-0.2, 0) is 4.79 Å². The van der Waals surface area contributed by atoms with Crippen molar-refractivity contribution in [1.82, 2.24) is 19.7 Å². The van der Waals surface area contributed by atoms with Gasteiger partial charge in [0.1, 0.15) is 6.33 Å². The zero-order chi connectivity index (χ0) is 20.2. The topological polar surface area (TPSA) is 72.7 Å². The van der Waals surface area contributed by atoms with Gasteiger partial charge in [-0.2, -0.15) is 0 Å². The van der Waals surface area contributed by atoms with E-state index in [-0.39, 0.29) is 11.7 Å². The first kappa shape index (κ1) is 19.9. The van der Waals surface area contributed by atoms with E-state index in [9.17, 15) is 4.79 Å². The van der Waals surface area contributed by atoms with E-state index in [1.54, 1.807) is 18.5 Å². The highest BCUT2D eigenvalue weighted by atomic mass is 35.5. The molecule has 1 N–H and O–H groups in total. The fourth-order valence-corrected chi connectivity index (χ4v) is 4.26. The Kier molecular flexibility index (Phi) is 6.15. The van der Waals surface area contributed by atoms with Gasteiger partial charge >= 0.3 is 0 Å². The molecule has 1 amide bonds. The van der Waals surface area contributed by atoms with Gasteiger partial charge in [0.05, 0.1) is 21.5 Å². The predicted octanol–water partition coefficient (Wildman–Crippen LogP) is 5.43. The lowest BCUT2D eigenvalue weighted by molar-refractivity contribution is -0.113. The number of anilines is 1. The summed E-state index contributed by atoms with van der Waals surface area (Å²) in [6, 6.07) is 15.0. The smallest absolute Gasteiger partial charge is 0.236 e. The van der Waals surface area contributed by atoms with Crippen LogP contribution in [0.2, 0.25) is 10.0 Å². The fraction of sp³-hybridized carbons (Fsp3) is 0.0526. The number of amides is 1. The van der Waals surface area contributed by atoms with Crippen molar-refractivity contribution in [3.8, 4) is 16.9 Å². The molecule has 0 fully saturated rings. The second kappa shape index (κ2) is 8.96. The summed E-state index contributed by atoms with van der Waals surface area (Å²) >= 11 is 14.7. The van der Waals surface area contributed by atoms with Gasteiger partial charge in [-0.3, -0.25) is 9.36 Å². The second-order valence-corrected chi connectivity index (χ2v) is 8.44. The quantitative estimate of drug-likeness (QED) is 0.387. The summed E-state index contributed by atoms with van der Waals surface area (Å²) in [6.45, 7) is 0. The molecule has 2 heterocycles. The maximum atomic E-state index is 12.3. The van der Waals surface area contributed by atoms with E-state index >= 15 is 0 Å². The van der Waals surface area contributed by atoms with Crippen molar-refractivity contribution in [2.45, 2.75) is 5.16 Å². The Morgan fingerprint density at radius 2 is 1.97 bits per heavy atom. The minimum Gasteiger partial charge on any atom is -0.301 e. The summed E-state index contributed by atoms with van der Waals surface area (Å²) in [7, 11) is 0.